The molecule has 5 nitrogen and oxygen atoms in total. The first kappa shape index (κ1) is 9.79. The molecule has 0 fully saturated rings. The Balaban J connectivity index is 2.33. The lowest BCUT2D eigenvalue weighted by Gasteiger charge is -2.11. The maximum atomic E-state index is 4.34. The molecule has 0 radical (unpaired) electrons. The normalized spacial score (nSPS) is 12.7. The number of aromatic nitrogens is 4. The molecule has 2 rings (SSSR count). The second-order valence-corrected chi connectivity index (χ2v) is 3.27. The van der Waals surface area contributed by atoms with Gasteiger partial charge in [0.2, 0.25) is 0 Å². The van der Waals surface area contributed by atoms with Gasteiger partial charge in [-0.25, -0.2) is 0 Å². The molecule has 2 aromatic rings. The Kier molecular flexibility index (Phi) is 2.73. The van der Waals surface area contributed by atoms with Crippen LogP contribution in [-0.2, 0) is 7.05 Å². The summed E-state index contributed by atoms with van der Waals surface area (Å²) in [7, 11) is 3.78. The Morgan fingerprint density at radius 1 is 1.33 bits per heavy atom. The summed E-state index contributed by atoms with van der Waals surface area (Å²) < 4.78 is 1.77. The van der Waals surface area contributed by atoms with Crippen molar-refractivity contribution in [2.75, 3.05) is 7.05 Å². The van der Waals surface area contributed by atoms with Crippen molar-refractivity contribution in [3.05, 3.63) is 42.2 Å². The predicted octanol–water partition coefficient (Wildman–Crippen LogP) is 0.519. The summed E-state index contributed by atoms with van der Waals surface area (Å²) >= 11 is 0. The zero-order chi connectivity index (χ0) is 10.7. The van der Waals surface area contributed by atoms with Crippen molar-refractivity contribution in [3.63, 3.8) is 0 Å². The van der Waals surface area contributed by atoms with Crippen LogP contribution >= 0.6 is 0 Å². The predicted molar refractivity (Wildman–Crippen MR) is 56.1 cm³/mol. The van der Waals surface area contributed by atoms with Gasteiger partial charge >= 0.3 is 0 Å². The number of nitrogens with zero attached hydrogens (tertiary/aromatic N) is 4. The summed E-state index contributed by atoms with van der Waals surface area (Å²) in [6.07, 6.45) is 7.00. The monoisotopic (exact) mass is 203 g/mol. The Bertz CT molecular complexity index is 422. The maximum Gasteiger partial charge on any atom is 0.0956 e. The van der Waals surface area contributed by atoms with Crippen LogP contribution in [-0.4, -0.2) is 26.8 Å². The van der Waals surface area contributed by atoms with Crippen LogP contribution in [0.1, 0.15) is 17.4 Å². The smallest absolute Gasteiger partial charge is 0.0956 e. The Labute approximate surface area is 88.2 Å². The molecule has 0 spiro atoms. The highest BCUT2D eigenvalue weighted by molar-refractivity contribution is 5.18. The summed E-state index contributed by atoms with van der Waals surface area (Å²) in [5, 5.41) is 7.51. The van der Waals surface area contributed by atoms with E-state index in [4.69, 9.17) is 0 Å². The molecule has 2 aromatic heterocycles. The zero-order valence-corrected chi connectivity index (χ0v) is 8.75. The minimum atomic E-state index is -0.0000926. The van der Waals surface area contributed by atoms with Crippen molar-refractivity contribution in [1.82, 2.24) is 25.1 Å². The van der Waals surface area contributed by atoms with Crippen LogP contribution in [0.2, 0.25) is 0 Å². The van der Waals surface area contributed by atoms with Gasteiger partial charge in [-0.15, -0.1) is 0 Å². The molecule has 1 unspecified atom stereocenters. The van der Waals surface area contributed by atoms with E-state index in [1.807, 2.05) is 26.4 Å². The van der Waals surface area contributed by atoms with Crippen molar-refractivity contribution in [3.8, 4) is 0 Å². The van der Waals surface area contributed by atoms with Gasteiger partial charge in [0.1, 0.15) is 0 Å². The fourth-order valence-corrected chi connectivity index (χ4v) is 1.49. The van der Waals surface area contributed by atoms with E-state index in [9.17, 15) is 0 Å². The first-order chi connectivity index (χ1) is 7.31. The van der Waals surface area contributed by atoms with Crippen LogP contribution in [0.25, 0.3) is 0 Å². The highest BCUT2D eigenvalue weighted by Crippen LogP contribution is 2.16. The Hall–Kier alpha value is -1.75. The van der Waals surface area contributed by atoms with Crippen LogP contribution in [0, 0.1) is 0 Å². The third kappa shape index (κ3) is 2.02. The first-order valence-electron chi connectivity index (χ1n) is 4.74. The maximum absolute atomic E-state index is 4.34. The molecule has 0 saturated carbocycles. The minimum absolute atomic E-state index is 0.0000926. The quantitative estimate of drug-likeness (QED) is 0.790. The molecule has 0 bridgehead atoms. The largest absolute Gasteiger partial charge is 0.307 e. The molecule has 2 heterocycles. The number of hydrogen-bond acceptors (Lipinski definition) is 4. The summed E-state index contributed by atoms with van der Waals surface area (Å²) in [6, 6.07) is 1.97. The second kappa shape index (κ2) is 4.18. The van der Waals surface area contributed by atoms with Crippen LogP contribution in [0.15, 0.2) is 30.9 Å². The third-order valence-corrected chi connectivity index (χ3v) is 2.20. The molecule has 0 aliphatic rings. The van der Waals surface area contributed by atoms with E-state index >= 15 is 0 Å². The van der Waals surface area contributed by atoms with E-state index < -0.39 is 0 Å². The molecule has 78 valence electrons. The van der Waals surface area contributed by atoms with Crippen LogP contribution in [0.3, 0.4) is 0 Å². The lowest BCUT2D eigenvalue weighted by Crippen LogP contribution is -2.19. The van der Waals surface area contributed by atoms with Gasteiger partial charge in [-0.2, -0.15) is 5.10 Å². The zero-order valence-electron chi connectivity index (χ0n) is 8.75. The molecule has 0 aliphatic carbocycles. The third-order valence-electron chi connectivity index (χ3n) is 2.20. The molecule has 1 atom stereocenters. The van der Waals surface area contributed by atoms with Gasteiger partial charge in [0.05, 0.1) is 23.6 Å². The average Bonchev–Trinajstić information content (AvgIpc) is 2.68. The van der Waals surface area contributed by atoms with E-state index in [1.165, 1.54) is 0 Å². The number of rotatable bonds is 3. The average molecular weight is 203 g/mol. The van der Waals surface area contributed by atoms with E-state index in [2.05, 4.69) is 20.4 Å². The fourth-order valence-electron chi connectivity index (χ4n) is 1.49. The second-order valence-electron chi connectivity index (χ2n) is 3.27. The summed E-state index contributed by atoms with van der Waals surface area (Å²) in [5.74, 6) is 0. The summed E-state index contributed by atoms with van der Waals surface area (Å²) in [5.41, 5.74) is 1.82. The highest BCUT2D eigenvalue weighted by Gasteiger charge is 2.15. The molecule has 5 heteroatoms. The number of hydrogen-bond donors (Lipinski definition) is 1. The van der Waals surface area contributed by atoms with Gasteiger partial charge in [-0.05, 0) is 13.1 Å². The fraction of sp³-hybridized carbons (Fsp3) is 0.300. The van der Waals surface area contributed by atoms with Crippen molar-refractivity contribution in [1.29, 1.82) is 0 Å². The topological polar surface area (TPSA) is 55.6 Å². The van der Waals surface area contributed by atoms with Gasteiger partial charge in [-0.1, -0.05) is 0 Å². The molecule has 0 saturated heterocycles. The van der Waals surface area contributed by atoms with Gasteiger partial charge < -0.3 is 5.32 Å². The molecule has 15 heavy (non-hydrogen) atoms. The SMILES string of the molecule is CNC(c1cnccn1)c1ccn(C)n1. The standard InChI is InChI=1S/C10H13N5/c1-11-10(8-3-6-15(2)14-8)9-7-12-4-5-13-9/h3-7,10-11H,1-2H3. The van der Waals surface area contributed by atoms with Crippen molar-refractivity contribution >= 4 is 0 Å². The van der Waals surface area contributed by atoms with E-state index in [0.717, 1.165) is 11.4 Å². The molecule has 1 N–H and O–H groups in total. The lowest BCUT2D eigenvalue weighted by molar-refractivity contribution is 0.625. The van der Waals surface area contributed by atoms with E-state index in [0.29, 0.717) is 0 Å². The van der Waals surface area contributed by atoms with Crippen LogP contribution in [0.5, 0.6) is 0 Å². The number of aryl methyl sites for hydroxylation is 1. The Morgan fingerprint density at radius 3 is 2.73 bits per heavy atom. The summed E-state index contributed by atoms with van der Waals surface area (Å²) in [4.78, 5) is 8.31. The molecule has 0 amide bonds. The molecular formula is C10H13N5. The lowest BCUT2D eigenvalue weighted by atomic mass is 10.1. The van der Waals surface area contributed by atoms with Gasteiger partial charge in [0.25, 0.3) is 0 Å². The minimum Gasteiger partial charge on any atom is -0.307 e. The van der Waals surface area contributed by atoms with Crippen molar-refractivity contribution < 1.29 is 0 Å². The van der Waals surface area contributed by atoms with Gasteiger partial charge in [0.15, 0.2) is 0 Å². The van der Waals surface area contributed by atoms with Crippen LogP contribution < -0.4 is 5.32 Å². The number of nitrogens with one attached hydrogen (secondary N) is 1. The molecule has 0 aromatic carbocycles. The van der Waals surface area contributed by atoms with Crippen molar-refractivity contribution in [2.24, 2.45) is 7.05 Å². The summed E-state index contributed by atoms with van der Waals surface area (Å²) in [6.45, 7) is 0. The van der Waals surface area contributed by atoms with Gasteiger partial charge in [-0.3, -0.25) is 14.6 Å². The van der Waals surface area contributed by atoms with E-state index in [1.54, 1.807) is 23.3 Å². The highest BCUT2D eigenvalue weighted by atomic mass is 15.3. The van der Waals surface area contributed by atoms with Crippen molar-refractivity contribution in [2.45, 2.75) is 6.04 Å². The first-order valence-corrected chi connectivity index (χ1v) is 4.74. The van der Waals surface area contributed by atoms with Gasteiger partial charge in [0, 0.05) is 25.6 Å². The Morgan fingerprint density at radius 2 is 2.20 bits per heavy atom. The molecular weight excluding hydrogens is 190 g/mol. The van der Waals surface area contributed by atoms with E-state index in [-0.39, 0.29) is 6.04 Å². The molecule has 0 aliphatic heterocycles. The van der Waals surface area contributed by atoms with Crippen LogP contribution in [0.4, 0.5) is 0 Å².